The van der Waals surface area contributed by atoms with Crippen LogP contribution in [0.1, 0.15) is 51.1 Å². The fraction of sp³-hybridized carbons (Fsp3) is 0.444. The standard InChI is InChI=1S/C18H23BrN2O3/c1-3-4-5-6-11-24-17(22)15-12(2)20-18(23)21-16(15)13-7-9-14(19)10-8-13/h7-10,16H,3-6,11H2,1-2H3,(H2,20,21,23)/t16-/m1/s1. The lowest BCUT2D eigenvalue weighted by atomic mass is 9.96. The van der Waals surface area contributed by atoms with Crippen molar-refractivity contribution in [2.45, 2.75) is 45.6 Å². The SMILES string of the molecule is CCCCCCOC(=O)C1=C(C)NC(=O)N[C@@H]1c1ccc(Br)cc1. The number of esters is 1. The molecule has 2 rings (SSSR count). The molecule has 1 aromatic rings. The average Bonchev–Trinajstić information content (AvgIpc) is 2.54. The molecule has 0 bridgehead atoms. The Morgan fingerprint density at radius 3 is 2.58 bits per heavy atom. The zero-order chi connectivity index (χ0) is 17.5. The minimum atomic E-state index is -0.505. The van der Waals surface area contributed by atoms with Gasteiger partial charge in [0, 0.05) is 10.2 Å². The van der Waals surface area contributed by atoms with Crippen molar-refractivity contribution >= 4 is 27.9 Å². The number of amides is 2. The molecule has 24 heavy (non-hydrogen) atoms. The van der Waals surface area contributed by atoms with Crippen LogP contribution in [0.2, 0.25) is 0 Å². The highest BCUT2D eigenvalue weighted by atomic mass is 79.9. The van der Waals surface area contributed by atoms with Crippen LogP contribution in [0.25, 0.3) is 0 Å². The maximum atomic E-state index is 12.5. The Labute approximate surface area is 151 Å². The van der Waals surface area contributed by atoms with Gasteiger partial charge in [0.15, 0.2) is 0 Å². The normalized spacial score (nSPS) is 17.3. The van der Waals surface area contributed by atoms with Gasteiger partial charge in [0.2, 0.25) is 0 Å². The Bertz CT molecular complexity index is 626. The molecule has 130 valence electrons. The number of hydrogen-bond donors (Lipinski definition) is 2. The first-order chi connectivity index (χ1) is 11.5. The van der Waals surface area contributed by atoms with E-state index in [0.29, 0.717) is 17.9 Å². The topological polar surface area (TPSA) is 67.4 Å². The second-order valence-corrected chi connectivity index (χ2v) is 6.73. The van der Waals surface area contributed by atoms with Crippen LogP contribution in [0.3, 0.4) is 0 Å². The summed E-state index contributed by atoms with van der Waals surface area (Å²) in [6, 6.07) is 6.69. The zero-order valence-corrected chi connectivity index (χ0v) is 15.6. The van der Waals surface area contributed by atoms with E-state index >= 15 is 0 Å². The predicted molar refractivity (Wildman–Crippen MR) is 96.4 cm³/mol. The molecule has 0 saturated heterocycles. The van der Waals surface area contributed by atoms with Gasteiger partial charge >= 0.3 is 12.0 Å². The van der Waals surface area contributed by atoms with Crippen molar-refractivity contribution in [3.8, 4) is 0 Å². The Kier molecular flexibility index (Phi) is 6.85. The zero-order valence-electron chi connectivity index (χ0n) is 14.0. The summed E-state index contributed by atoms with van der Waals surface area (Å²) in [6.45, 7) is 4.26. The predicted octanol–water partition coefficient (Wildman–Crippen LogP) is 4.20. The van der Waals surface area contributed by atoms with E-state index in [1.165, 1.54) is 0 Å². The smallest absolute Gasteiger partial charge is 0.338 e. The van der Waals surface area contributed by atoms with Crippen LogP contribution in [-0.2, 0) is 9.53 Å². The summed E-state index contributed by atoms with van der Waals surface area (Å²) < 4.78 is 6.35. The number of ether oxygens (including phenoxy) is 1. The molecule has 6 heteroatoms. The van der Waals surface area contributed by atoms with Gasteiger partial charge in [0.05, 0.1) is 18.2 Å². The van der Waals surface area contributed by atoms with Gasteiger partial charge in [-0.25, -0.2) is 9.59 Å². The van der Waals surface area contributed by atoms with Crippen molar-refractivity contribution in [3.05, 3.63) is 45.6 Å². The highest BCUT2D eigenvalue weighted by Crippen LogP contribution is 2.28. The van der Waals surface area contributed by atoms with Gasteiger partial charge in [-0.15, -0.1) is 0 Å². The van der Waals surface area contributed by atoms with Crippen LogP contribution in [0.5, 0.6) is 0 Å². The number of rotatable bonds is 7. The molecule has 0 fully saturated rings. The summed E-state index contributed by atoms with van der Waals surface area (Å²) in [5, 5.41) is 5.45. The van der Waals surface area contributed by atoms with Gasteiger partial charge in [-0.1, -0.05) is 54.2 Å². The molecule has 1 aliphatic heterocycles. The van der Waals surface area contributed by atoms with Gasteiger partial charge in [-0.3, -0.25) is 0 Å². The lowest BCUT2D eigenvalue weighted by Crippen LogP contribution is -2.45. The summed E-state index contributed by atoms with van der Waals surface area (Å²) in [7, 11) is 0. The number of carbonyl (C=O) groups excluding carboxylic acids is 2. The van der Waals surface area contributed by atoms with E-state index in [0.717, 1.165) is 35.7 Å². The van der Waals surface area contributed by atoms with Crippen LogP contribution in [-0.4, -0.2) is 18.6 Å². The number of carbonyl (C=O) groups is 2. The fourth-order valence-electron chi connectivity index (χ4n) is 2.64. The van der Waals surface area contributed by atoms with Crippen LogP contribution in [0.15, 0.2) is 40.0 Å². The van der Waals surface area contributed by atoms with E-state index in [1.54, 1.807) is 6.92 Å². The molecule has 2 amide bonds. The van der Waals surface area contributed by atoms with Gasteiger partial charge in [-0.2, -0.15) is 0 Å². The second-order valence-electron chi connectivity index (χ2n) is 5.82. The van der Waals surface area contributed by atoms with Crippen molar-refractivity contribution in [2.24, 2.45) is 0 Å². The number of benzene rings is 1. The van der Waals surface area contributed by atoms with Gasteiger partial charge in [-0.05, 0) is 31.0 Å². The van der Waals surface area contributed by atoms with E-state index in [1.807, 2.05) is 24.3 Å². The van der Waals surface area contributed by atoms with Crippen LogP contribution < -0.4 is 10.6 Å². The first-order valence-electron chi connectivity index (χ1n) is 8.23. The molecule has 0 spiro atoms. The van der Waals surface area contributed by atoms with E-state index in [-0.39, 0.29) is 12.0 Å². The number of nitrogens with one attached hydrogen (secondary N) is 2. The minimum absolute atomic E-state index is 0.320. The Morgan fingerprint density at radius 2 is 1.92 bits per heavy atom. The highest BCUT2D eigenvalue weighted by molar-refractivity contribution is 9.10. The number of allylic oxidation sites excluding steroid dienone is 1. The largest absolute Gasteiger partial charge is 0.462 e. The summed E-state index contributed by atoms with van der Waals surface area (Å²) in [4.78, 5) is 24.3. The Hall–Kier alpha value is -1.82. The third kappa shape index (κ3) is 4.84. The van der Waals surface area contributed by atoms with Gasteiger partial charge < -0.3 is 15.4 Å². The number of urea groups is 1. The lowest BCUT2D eigenvalue weighted by Gasteiger charge is -2.28. The lowest BCUT2D eigenvalue weighted by molar-refractivity contribution is -0.139. The molecule has 1 atom stereocenters. The van der Waals surface area contributed by atoms with Crippen molar-refractivity contribution in [1.29, 1.82) is 0 Å². The summed E-state index contributed by atoms with van der Waals surface area (Å²) in [5.74, 6) is -0.385. The molecule has 0 unspecified atom stereocenters. The maximum Gasteiger partial charge on any atom is 0.338 e. The molecule has 0 radical (unpaired) electrons. The molecule has 0 aromatic heterocycles. The van der Waals surface area contributed by atoms with Crippen LogP contribution >= 0.6 is 15.9 Å². The number of unbranched alkanes of at least 4 members (excludes halogenated alkanes) is 3. The van der Waals surface area contributed by atoms with Gasteiger partial charge in [0.1, 0.15) is 0 Å². The summed E-state index contributed by atoms with van der Waals surface area (Å²) in [6.07, 6.45) is 4.18. The number of hydrogen-bond acceptors (Lipinski definition) is 3. The Balaban J connectivity index is 2.13. The van der Waals surface area contributed by atoms with E-state index in [9.17, 15) is 9.59 Å². The van der Waals surface area contributed by atoms with Gasteiger partial charge in [0.25, 0.3) is 0 Å². The van der Waals surface area contributed by atoms with E-state index in [2.05, 4.69) is 33.5 Å². The molecule has 5 nitrogen and oxygen atoms in total. The second kappa shape index (κ2) is 8.87. The third-order valence-electron chi connectivity index (χ3n) is 3.92. The van der Waals surface area contributed by atoms with E-state index < -0.39 is 6.04 Å². The average molecular weight is 395 g/mol. The van der Waals surface area contributed by atoms with Crippen molar-refractivity contribution in [3.63, 3.8) is 0 Å². The van der Waals surface area contributed by atoms with Crippen molar-refractivity contribution in [1.82, 2.24) is 10.6 Å². The first-order valence-corrected chi connectivity index (χ1v) is 9.03. The maximum absolute atomic E-state index is 12.5. The fourth-order valence-corrected chi connectivity index (χ4v) is 2.91. The molecular formula is C18H23BrN2O3. The monoisotopic (exact) mass is 394 g/mol. The third-order valence-corrected chi connectivity index (χ3v) is 4.45. The summed E-state index contributed by atoms with van der Waals surface area (Å²) in [5.41, 5.74) is 1.82. The quantitative estimate of drug-likeness (QED) is 0.537. The molecule has 0 saturated carbocycles. The van der Waals surface area contributed by atoms with Crippen molar-refractivity contribution < 1.29 is 14.3 Å². The molecule has 0 aliphatic carbocycles. The van der Waals surface area contributed by atoms with E-state index in [4.69, 9.17) is 4.74 Å². The molecular weight excluding hydrogens is 372 g/mol. The molecule has 1 aliphatic rings. The molecule has 1 heterocycles. The Morgan fingerprint density at radius 1 is 1.21 bits per heavy atom. The molecule has 2 N–H and O–H groups in total. The first kappa shape index (κ1) is 18.5. The van der Waals surface area contributed by atoms with Crippen molar-refractivity contribution in [2.75, 3.05) is 6.61 Å². The number of halogens is 1. The minimum Gasteiger partial charge on any atom is -0.462 e. The molecule has 1 aromatic carbocycles. The summed E-state index contributed by atoms with van der Waals surface area (Å²) >= 11 is 3.39. The highest BCUT2D eigenvalue weighted by Gasteiger charge is 2.32. The van der Waals surface area contributed by atoms with Crippen LogP contribution in [0.4, 0.5) is 4.79 Å². The van der Waals surface area contributed by atoms with Crippen LogP contribution in [0, 0.1) is 0 Å².